The van der Waals surface area contributed by atoms with Crippen molar-refractivity contribution in [2.45, 2.75) is 32.4 Å². The molecule has 4 aromatic rings. The number of rotatable bonds is 7. The fraction of sp³-hybridized carbons (Fsp3) is 0.231. The van der Waals surface area contributed by atoms with Gasteiger partial charge in [0.05, 0.1) is 18.1 Å². The van der Waals surface area contributed by atoms with E-state index in [0.717, 1.165) is 23.8 Å². The number of halogens is 3. The molecule has 0 radical (unpaired) electrons. The number of fused-ring (bicyclic) bond motifs is 1. The molecule has 1 amide bonds. The standard InChI is InChI=1S/C26H24F3N3O2/c1-3-4-5-17-6-8-18(9-7-17)24(33)30-19-10-12-20(13-11-19)32-23-15-14-21(34-2)16-22(23)31-25(32)26(27,28)29/h6-16H,3-5H2,1-2H3,(H,30,33). The van der Waals surface area contributed by atoms with Gasteiger partial charge in [-0.2, -0.15) is 13.2 Å². The van der Waals surface area contributed by atoms with E-state index < -0.39 is 12.0 Å². The Labute approximate surface area is 195 Å². The largest absolute Gasteiger partial charge is 0.497 e. The Morgan fingerprint density at radius 1 is 1.03 bits per heavy atom. The Hall–Kier alpha value is -3.81. The zero-order valence-corrected chi connectivity index (χ0v) is 18.8. The van der Waals surface area contributed by atoms with Gasteiger partial charge in [0.15, 0.2) is 0 Å². The summed E-state index contributed by atoms with van der Waals surface area (Å²) in [7, 11) is 1.44. The lowest BCUT2D eigenvalue weighted by Crippen LogP contribution is -2.14. The number of imidazole rings is 1. The average molecular weight is 467 g/mol. The summed E-state index contributed by atoms with van der Waals surface area (Å²) >= 11 is 0. The highest BCUT2D eigenvalue weighted by molar-refractivity contribution is 6.04. The molecule has 0 aliphatic rings. The smallest absolute Gasteiger partial charge is 0.450 e. The van der Waals surface area contributed by atoms with E-state index in [1.807, 2.05) is 12.1 Å². The van der Waals surface area contributed by atoms with E-state index in [9.17, 15) is 18.0 Å². The van der Waals surface area contributed by atoms with E-state index in [-0.39, 0.29) is 17.1 Å². The van der Waals surface area contributed by atoms with Crippen LogP contribution in [0, 0.1) is 0 Å². The van der Waals surface area contributed by atoms with Crippen LogP contribution in [0.3, 0.4) is 0 Å². The number of carbonyl (C=O) groups is 1. The van der Waals surface area contributed by atoms with Crippen molar-refractivity contribution in [3.63, 3.8) is 0 Å². The van der Waals surface area contributed by atoms with Crippen LogP contribution in [0.4, 0.5) is 18.9 Å². The number of nitrogens with zero attached hydrogens (tertiary/aromatic N) is 2. The van der Waals surface area contributed by atoms with Crippen molar-refractivity contribution in [3.8, 4) is 11.4 Å². The van der Waals surface area contributed by atoms with Crippen molar-refractivity contribution in [1.82, 2.24) is 9.55 Å². The van der Waals surface area contributed by atoms with Crippen molar-refractivity contribution in [1.29, 1.82) is 0 Å². The monoisotopic (exact) mass is 467 g/mol. The topological polar surface area (TPSA) is 56.2 Å². The van der Waals surface area contributed by atoms with Gasteiger partial charge in [0.25, 0.3) is 5.91 Å². The van der Waals surface area contributed by atoms with Gasteiger partial charge in [-0.3, -0.25) is 9.36 Å². The van der Waals surface area contributed by atoms with E-state index in [1.54, 1.807) is 30.3 Å². The van der Waals surface area contributed by atoms with Gasteiger partial charge in [-0.15, -0.1) is 0 Å². The van der Waals surface area contributed by atoms with Crippen LogP contribution in [-0.4, -0.2) is 22.6 Å². The lowest BCUT2D eigenvalue weighted by molar-refractivity contribution is -0.145. The van der Waals surface area contributed by atoms with Gasteiger partial charge >= 0.3 is 6.18 Å². The van der Waals surface area contributed by atoms with Crippen LogP contribution in [0.5, 0.6) is 5.75 Å². The molecule has 176 valence electrons. The van der Waals surface area contributed by atoms with Crippen LogP contribution in [0.25, 0.3) is 16.7 Å². The molecule has 1 heterocycles. The summed E-state index contributed by atoms with van der Waals surface area (Å²) in [6.07, 6.45) is -1.49. The zero-order chi connectivity index (χ0) is 24.3. The SMILES string of the molecule is CCCCc1ccc(C(=O)Nc2ccc(-n3c(C(F)(F)F)nc4cc(OC)ccc43)cc2)cc1. The van der Waals surface area contributed by atoms with Crippen molar-refractivity contribution in [2.75, 3.05) is 12.4 Å². The fourth-order valence-corrected chi connectivity index (χ4v) is 3.74. The van der Waals surface area contributed by atoms with Crippen LogP contribution in [0.2, 0.25) is 0 Å². The van der Waals surface area contributed by atoms with Gasteiger partial charge in [0.1, 0.15) is 5.75 Å². The molecule has 0 fully saturated rings. The summed E-state index contributed by atoms with van der Waals surface area (Å²) in [5.74, 6) is -0.899. The fourth-order valence-electron chi connectivity index (χ4n) is 3.74. The highest BCUT2D eigenvalue weighted by Gasteiger charge is 2.38. The van der Waals surface area contributed by atoms with Crippen LogP contribution in [0.15, 0.2) is 66.7 Å². The molecule has 5 nitrogen and oxygen atoms in total. The number of alkyl halides is 3. The van der Waals surface area contributed by atoms with Crippen LogP contribution in [-0.2, 0) is 12.6 Å². The van der Waals surface area contributed by atoms with Gasteiger partial charge in [-0.1, -0.05) is 25.5 Å². The van der Waals surface area contributed by atoms with E-state index >= 15 is 0 Å². The first-order valence-corrected chi connectivity index (χ1v) is 10.9. The molecular formula is C26H24F3N3O2. The van der Waals surface area contributed by atoms with Crippen LogP contribution >= 0.6 is 0 Å². The minimum atomic E-state index is -4.65. The lowest BCUT2D eigenvalue weighted by Gasteiger charge is -2.13. The normalized spacial score (nSPS) is 11.6. The molecule has 1 aromatic heterocycles. The summed E-state index contributed by atoms with van der Waals surface area (Å²) in [6.45, 7) is 2.13. The second-order valence-corrected chi connectivity index (χ2v) is 7.92. The summed E-state index contributed by atoms with van der Waals surface area (Å²) < 4.78 is 47.3. The number of aromatic nitrogens is 2. The maximum Gasteiger partial charge on any atom is 0.450 e. The molecule has 0 unspecified atom stereocenters. The quantitative estimate of drug-likeness (QED) is 0.331. The van der Waals surface area contributed by atoms with Gasteiger partial charge in [0, 0.05) is 23.0 Å². The molecule has 1 N–H and O–H groups in total. The second-order valence-electron chi connectivity index (χ2n) is 7.92. The first kappa shape index (κ1) is 23.4. The number of hydrogen-bond acceptors (Lipinski definition) is 3. The van der Waals surface area contributed by atoms with Crippen molar-refractivity contribution < 1.29 is 22.7 Å². The number of nitrogens with one attached hydrogen (secondary N) is 1. The van der Waals surface area contributed by atoms with Gasteiger partial charge < -0.3 is 10.1 Å². The molecule has 4 rings (SSSR count). The predicted octanol–water partition coefficient (Wildman–Crippen LogP) is 6.65. The minimum Gasteiger partial charge on any atom is -0.497 e. The Morgan fingerprint density at radius 3 is 2.35 bits per heavy atom. The zero-order valence-electron chi connectivity index (χ0n) is 18.8. The predicted molar refractivity (Wildman–Crippen MR) is 126 cm³/mol. The summed E-state index contributed by atoms with van der Waals surface area (Å²) in [5.41, 5.74) is 2.91. The third-order valence-electron chi connectivity index (χ3n) is 5.53. The molecule has 0 atom stereocenters. The Morgan fingerprint density at radius 2 is 1.74 bits per heavy atom. The second kappa shape index (κ2) is 9.59. The highest BCUT2D eigenvalue weighted by Crippen LogP contribution is 2.35. The van der Waals surface area contributed by atoms with Gasteiger partial charge in [-0.25, -0.2) is 4.98 Å². The number of anilines is 1. The van der Waals surface area contributed by atoms with E-state index in [1.165, 1.54) is 36.9 Å². The highest BCUT2D eigenvalue weighted by atomic mass is 19.4. The summed E-state index contributed by atoms with van der Waals surface area (Å²) in [6, 6.07) is 18.2. The van der Waals surface area contributed by atoms with E-state index in [4.69, 9.17) is 4.74 Å². The Balaban J connectivity index is 1.58. The molecule has 0 aliphatic carbocycles. The van der Waals surface area contributed by atoms with Crippen LogP contribution < -0.4 is 10.1 Å². The molecule has 34 heavy (non-hydrogen) atoms. The molecule has 3 aromatic carbocycles. The Bertz CT molecular complexity index is 1290. The summed E-state index contributed by atoms with van der Waals surface area (Å²) in [5, 5.41) is 2.79. The van der Waals surface area contributed by atoms with Crippen molar-refractivity contribution in [2.24, 2.45) is 0 Å². The third-order valence-corrected chi connectivity index (χ3v) is 5.53. The third kappa shape index (κ3) is 4.90. The van der Waals surface area contributed by atoms with Crippen LogP contribution in [0.1, 0.15) is 41.5 Å². The number of aryl methyl sites for hydroxylation is 1. The molecule has 0 bridgehead atoms. The average Bonchev–Trinajstić information content (AvgIpc) is 3.23. The maximum absolute atomic E-state index is 13.7. The number of ether oxygens (including phenoxy) is 1. The molecular weight excluding hydrogens is 443 g/mol. The number of carbonyl (C=O) groups excluding carboxylic acids is 1. The number of methoxy groups -OCH3 is 1. The molecule has 0 aliphatic heterocycles. The van der Waals surface area contributed by atoms with E-state index in [0.29, 0.717) is 22.5 Å². The minimum absolute atomic E-state index is 0.173. The van der Waals surface area contributed by atoms with Crippen molar-refractivity contribution >= 4 is 22.6 Å². The number of amides is 1. The van der Waals surface area contributed by atoms with Gasteiger partial charge in [-0.05, 0) is 66.9 Å². The maximum atomic E-state index is 13.7. The van der Waals surface area contributed by atoms with Gasteiger partial charge in [0.2, 0.25) is 5.82 Å². The first-order chi connectivity index (χ1) is 16.3. The van der Waals surface area contributed by atoms with Crippen molar-refractivity contribution in [3.05, 3.63) is 83.7 Å². The molecule has 0 saturated carbocycles. The molecule has 8 heteroatoms. The summed E-state index contributed by atoms with van der Waals surface area (Å²) in [4.78, 5) is 16.4. The lowest BCUT2D eigenvalue weighted by atomic mass is 10.1. The Kier molecular flexibility index (Phi) is 6.58. The van der Waals surface area contributed by atoms with E-state index in [2.05, 4.69) is 17.2 Å². The first-order valence-electron chi connectivity index (χ1n) is 10.9. The molecule has 0 saturated heterocycles. The number of hydrogen-bond donors (Lipinski definition) is 1. The molecule has 0 spiro atoms. The number of unbranched alkanes of at least 4 members (excludes halogenated alkanes) is 1. The number of benzene rings is 3.